The zero-order chi connectivity index (χ0) is 39.9. The molecule has 4 aromatic carbocycles. The van der Waals surface area contributed by atoms with Crippen molar-refractivity contribution in [3.63, 3.8) is 0 Å². The van der Waals surface area contributed by atoms with Crippen molar-refractivity contribution in [3.8, 4) is 0 Å². The number of β-amino-alcohol motifs (C(OH)–C–C–N with tert-alkyl or cyclic N) is 2. The highest BCUT2D eigenvalue weighted by Crippen LogP contribution is 2.58. The van der Waals surface area contributed by atoms with Crippen LogP contribution in [0.2, 0.25) is 5.02 Å². The van der Waals surface area contributed by atoms with Gasteiger partial charge in [-0.2, -0.15) is 26.3 Å². The van der Waals surface area contributed by atoms with E-state index in [4.69, 9.17) is 11.6 Å². The summed E-state index contributed by atoms with van der Waals surface area (Å²) in [5.74, 6) is 0. The number of halogens is 7. The maximum atomic E-state index is 15.2. The van der Waals surface area contributed by atoms with Gasteiger partial charge in [0.1, 0.15) is 0 Å². The lowest BCUT2D eigenvalue weighted by Gasteiger charge is -2.56. The largest absolute Gasteiger partial charge is 0.432 e. The van der Waals surface area contributed by atoms with Crippen LogP contribution in [0, 0.1) is 6.92 Å². The molecule has 2 saturated heterocycles. The Bertz CT molecular complexity index is 2300. The minimum absolute atomic E-state index is 0.00982. The molecule has 0 aromatic heterocycles. The molecule has 0 spiro atoms. The van der Waals surface area contributed by atoms with E-state index in [1.54, 1.807) is 6.92 Å². The summed E-state index contributed by atoms with van der Waals surface area (Å²) < 4.78 is 142. The summed E-state index contributed by atoms with van der Waals surface area (Å²) in [5, 5.41) is 27.8. The van der Waals surface area contributed by atoms with E-state index in [0.29, 0.717) is 5.56 Å². The normalized spacial score (nSPS) is 26.7. The van der Waals surface area contributed by atoms with Crippen LogP contribution >= 0.6 is 11.6 Å². The van der Waals surface area contributed by atoms with Gasteiger partial charge >= 0.3 is 12.4 Å². The fourth-order valence-electron chi connectivity index (χ4n) is 7.10. The van der Waals surface area contributed by atoms with Crippen LogP contribution in [0.4, 0.5) is 37.7 Å². The predicted octanol–water partition coefficient (Wildman–Crippen LogP) is 5.18. The van der Waals surface area contributed by atoms with Crippen LogP contribution in [0.25, 0.3) is 0 Å². The second-order valence-electron chi connectivity index (χ2n) is 13.5. The molecule has 2 aliphatic heterocycles. The molecule has 2 fully saturated rings. The predicted molar refractivity (Wildman–Crippen MR) is 188 cm³/mol. The number of alkyl halides is 6. The Morgan fingerprint density at radius 3 is 1.37 bits per heavy atom. The maximum absolute atomic E-state index is 15.2. The van der Waals surface area contributed by atoms with E-state index in [-0.39, 0.29) is 37.3 Å². The van der Waals surface area contributed by atoms with E-state index in [1.807, 2.05) is 0 Å². The van der Waals surface area contributed by atoms with Crippen molar-refractivity contribution < 1.29 is 53.4 Å². The van der Waals surface area contributed by atoms with Crippen molar-refractivity contribution in [2.45, 2.75) is 51.8 Å². The Morgan fingerprint density at radius 1 is 0.630 bits per heavy atom. The molecule has 0 bridgehead atoms. The first-order valence-corrected chi connectivity index (χ1v) is 20.1. The van der Waals surface area contributed by atoms with Crippen LogP contribution in [0.15, 0.2) is 107 Å². The van der Waals surface area contributed by atoms with Crippen LogP contribution < -0.4 is 20.4 Å². The molecule has 2 aliphatic rings. The number of nitrogens with zero attached hydrogens (tertiary/aromatic N) is 2. The van der Waals surface area contributed by atoms with Gasteiger partial charge in [-0.15, -0.1) is 0 Å². The first-order chi connectivity index (χ1) is 24.8. The van der Waals surface area contributed by atoms with Gasteiger partial charge in [-0.25, -0.2) is 16.8 Å². The quantitative estimate of drug-likeness (QED) is 0.185. The molecule has 4 atom stereocenters. The number of aliphatic hydroxyl groups is 2. The fourth-order valence-corrected chi connectivity index (χ4v) is 8.54. The standard InChI is InChI=1S/C35H33ClF6N4O6S2/c1-22-7-13-26(14-8-22)45-20-30(47,34(37,38)39)43-32(45,23-9-15-28(16-10-23)53(2,49)50)33(24-11-17-29(18-12-24)54(3,51)52)44-31(48,35(40,41)42)21-46(33)27-6-4-5-25(36)19-27/h4-19,43-44,47-48H,20-21H2,1-3H3. The van der Waals surface area contributed by atoms with Gasteiger partial charge < -0.3 is 20.0 Å². The molecule has 6 rings (SSSR count). The summed E-state index contributed by atoms with van der Waals surface area (Å²) in [5.41, 5.74) is -13.6. The molecular formula is C35H33ClF6N4O6S2. The molecule has 4 aromatic rings. The second kappa shape index (κ2) is 12.8. The lowest BCUT2D eigenvalue weighted by Crippen LogP contribution is -2.75. The Morgan fingerprint density at radius 2 is 1.02 bits per heavy atom. The topological polar surface area (TPSA) is 139 Å². The number of hydrogen-bond acceptors (Lipinski definition) is 10. The monoisotopic (exact) mass is 818 g/mol. The Kier molecular flexibility index (Phi) is 9.45. The van der Waals surface area contributed by atoms with Crippen molar-refractivity contribution in [1.29, 1.82) is 0 Å². The Hall–Kier alpha value is -3.91. The summed E-state index contributed by atoms with van der Waals surface area (Å²) in [6.45, 7) is -1.06. The maximum Gasteiger partial charge on any atom is 0.432 e. The first kappa shape index (κ1) is 39.8. The molecular weight excluding hydrogens is 786 g/mol. The van der Waals surface area contributed by atoms with Gasteiger partial charge in [0.25, 0.3) is 0 Å². The van der Waals surface area contributed by atoms with Crippen LogP contribution in [-0.2, 0) is 31.0 Å². The van der Waals surface area contributed by atoms with Crippen molar-refractivity contribution in [2.24, 2.45) is 0 Å². The molecule has 19 heteroatoms. The lowest BCUT2D eigenvalue weighted by molar-refractivity contribution is -0.271. The lowest BCUT2D eigenvalue weighted by atomic mass is 9.78. The van der Waals surface area contributed by atoms with Crippen molar-refractivity contribution in [2.75, 3.05) is 35.4 Å². The first-order valence-electron chi connectivity index (χ1n) is 15.9. The van der Waals surface area contributed by atoms with Crippen LogP contribution in [-0.4, -0.2) is 76.5 Å². The number of aryl methyl sites for hydroxylation is 1. The molecule has 290 valence electrons. The molecule has 10 nitrogen and oxygen atoms in total. The molecule has 0 radical (unpaired) electrons. The van der Waals surface area contributed by atoms with E-state index in [1.165, 1.54) is 48.5 Å². The van der Waals surface area contributed by atoms with Crippen molar-refractivity contribution in [1.82, 2.24) is 10.6 Å². The number of benzene rings is 4. The zero-order valence-corrected chi connectivity index (χ0v) is 30.9. The number of nitrogens with one attached hydrogen (secondary N) is 2. The van der Waals surface area contributed by atoms with E-state index >= 15 is 26.3 Å². The zero-order valence-electron chi connectivity index (χ0n) is 28.5. The Balaban J connectivity index is 1.86. The average Bonchev–Trinajstić information content (AvgIpc) is 3.60. The van der Waals surface area contributed by atoms with Crippen molar-refractivity contribution >= 4 is 42.7 Å². The summed E-state index contributed by atoms with van der Waals surface area (Å²) in [6, 6.07) is 19.6. The average molecular weight is 819 g/mol. The van der Waals surface area contributed by atoms with Gasteiger partial charge in [-0.05, 0) is 72.6 Å². The van der Waals surface area contributed by atoms with Gasteiger partial charge in [0, 0.05) is 28.9 Å². The number of anilines is 2. The highest BCUT2D eigenvalue weighted by molar-refractivity contribution is 7.91. The van der Waals surface area contributed by atoms with E-state index in [0.717, 1.165) is 70.8 Å². The second-order valence-corrected chi connectivity index (χ2v) is 17.9. The SMILES string of the molecule is Cc1ccc(N2CC(O)(C(F)(F)F)NC2(c2ccc(S(C)(=O)=O)cc2)C2(c3ccc(S(C)(=O)=O)cc3)NC(O)(C(F)(F)F)CN2c2cccc(Cl)c2)cc1. The highest BCUT2D eigenvalue weighted by Gasteiger charge is 2.78. The highest BCUT2D eigenvalue weighted by atomic mass is 35.5. The van der Waals surface area contributed by atoms with Crippen molar-refractivity contribution in [3.05, 3.63) is 119 Å². The summed E-state index contributed by atoms with van der Waals surface area (Å²) in [7, 11) is -7.86. The third kappa shape index (κ3) is 6.40. The number of hydrogen-bond donors (Lipinski definition) is 4. The molecule has 0 amide bonds. The molecule has 0 aliphatic carbocycles. The number of sulfone groups is 2. The van der Waals surface area contributed by atoms with Gasteiger partial charge in [-0.1, -0.05) is 59.6 Å². The van der Waals surface area contributed by atoms with E-state index in [2.05, 4.69) is 10.6 Å². The van der Waals surface area contributed by atoms with Gasteiger partial charge in [-0.3, -0.25) is 10.6 Å². The third-order valence-corrected chi connectivity index (χ3v) is 12.2. The van der Waals surface area contributed by atoms with Gasteiger partial charge in [0.05, 0.1) is 22.9 Å². The van der Waals surface area contributed by atoms with Gasteiger partial charge in [0.2, 0.25) is 11.4 Å². The number of rotatable bonds is 7. The third-order valence-electron chi connectivity index (χ3n) is 9.69. The minimum Gasteiger partial charge on any atom is -0.366 e. The molecule has 4 N–H and O–H groups in total. The summed E-state index contributed by atoms with van der Waals surface area (Å²) in [4.78, 5) is 1.32. The van der Waals surface area contributed by atoms with Gasteiger partial charge in [0.15, 0.2) is 31.0 Å². The molecule has 2 heterocycles. The minimum atomic E-state index is -5.52. The molecule has 4 unspecified atom stereocenters. The molecule has 54 heavy (non-hydrogen) atoms. The summed E-state index contributed by atoms with van der Waals surface area (Å²) >= 11 is 6.34. The van der Waals surface area contributed by atoms with Crippen LogP contribution in [0.1, 0.15) is 16.7 Å². The van der Waals surface area contributed by atoms with E-state index < -0.39 is 67.9 Å². The van der Waals surface area contributed by atoms with E-state index in [9.17, 15) is 27.0 Å². The summed E-state index contributed by atoms with van der Waals surface area (Å²) in [6.07, 6.45) is -9.28. The molecule has 0 saturated carbocycles. The fraction of sp³-hybridized carbons (Fsp3) is 0.314. The Labute approximate surface area is 311 Å². The van der Waals surface area contributed by atoms with Crippen LogP contribution in [0.3, 0.4) is 0 Å². The van der Waals surface area contributed by atoms with Crippen LogP contribution in [0.5, 0.6) is 0 Å². The smallest absolute Gasteiger partial charge is 0.366 e.